The van der Waals surface area contributed by atoms with Crippen LogP contribution in [0.5, 0.6) is 0 Å². The van der Waals surface area contributed by atoms with Crippen molar-refractivity contribution in [2.45, 2.75) is 39.1 Å². The van der Waals surface area contributed by atoms with Crippen molar-refractivity contribution in [2.24, 2.45) is 0 Å². The number of ether oxygens (including phenoxy) is 2. The Hall–Kier alpha value is -1.06. The summed E-state index contributed by atoms with van der Waals surface area (Å²) in [7, 11) is 0. The molecule has 1 fully saturated rings. The maximum Gasteiger partial charge on any atom is 0.132 e. The summed E-state index contributed by atoms with van der Waals surface area (Å²) < 4.78 is 11.6. The molecule has 1 heterocycles. The number of anilines is 1. The summed E-state index contributed by atoms with van der Waals surface area (Å²) in [5, 5.41) is 0. The van der Waals surface area contributed by atoms with Gasteiger partial charge in [0.2, 0.25) is 0 Å². The summed E-state index contributed by atoms with van der Waals surface area (Å²) in [6, 6.07) is 10.4. The molecule has 0 saturated carbocycles. The van der Waals surface area contributed by atoms with E-state index < -0.39 is 0 Å². The number of hydrogen-bond acceptors (Lipinski definition) is 3. The van der Waals surface area contributed by atoms with Gasteiger partial charge < -0.3 is 14.4 Å². The van der Waals surface area contributed by atoms with Crippen LogP contribution in [0, 0.1) is 0 Å². The minimum atomic E-state index is 0.152. The molecule has 1 aliphatic heterocycles. The standard InChI is InChI=1S/C14H21NO2/c1-3-16-13-10-11-14(17-4-2)15(13)12-8-6-5-7-9-12/h5-9,13-14H,3-4,10-11H2,1-2H3. The number of rotatable bonds is 5. The van der Waals surface area contributed by atoms with E-state index in [1.807, 2.05) is 19.9 Å². The lowest BCUT2D eigenvalue weighted by molar-refractivity contribution is 0.0340. The first-order chi connectivity index (χ1) is 8.36. The van der Waals surface area contributed by atoms with Crippen LogP contribution in [0.25, 0.3) is 0 Å². The lowest BCUT2D eigenvalue weighted by Gasteiger charge is -2.31. The molecule has 94 valence electrons. The van der Waals surface area contributed by atoms with Crippen molar-refractivity contribution < 1.29 is 9.47 Å². The van der Waals surface area contributed by atoms with E-state index in [-0.39, 0.29) is 12.5 Å². The molecular formula is C14H21NO2. The van der Waals surface area contributed by atoms with E-state index >= 15 is 0 Å². The molecule has 3 nitrogen and oxygen atoms in total. The second-order valence-electron chi connectivity index (χ2n) is 4.14. The average molecular weight is 235 g/mol. The Morgan fingerprint density at radius 1 is 1.00 bits per heavy atom. The van der Waals surface area contributed by atoms with Crippen LogP contribution in [-0.2, 0) is 9.47 Å². The fourth-order valence-electron chi connectivity index (χ4n) is 2.39. The van der Waals surface area contributed by atoms with E-state index in [1.165, 1.54) is 5.69 Å². The largest absolute Gasteiger partial charge is 0.359 e. The van der Waals surface area contributed by atoms with Gasteiger partial charge in [-0.25, -0.2) is 0 Å². The minimum absolute atomic E-state index is 0.152. The summed E-state index contributed by atoms with van der Waals surface area (Å²) in [4.78, 5) is 2.26. The third kappa shape index (κ3) is 2.79. The van der Waals surface area contributed by atoms with Crippen molar-refractivity contribution in [2.75, 3.05) is 18.1 Å². The van der Waals surface area contributed by atoms with Crippen molar-refractivity contribution in [1.29, 1.82) is 0 Å². The van der Waals surface area contributed by atoms with E-state index in [0.29, 0.717) is 0 Å². The third-order valence-electron chi connectivity index (χ3n) is 3.05. The monoisotopic (exact) mass is 235 g/mol. The van der Waals surface area contributed by atoms with E-state index in [1.54, 1.807) is 0 Å². The van der Waals surface area contributed by atoms with E-state index in [2.05, 4.69) is 29.2 Å². The van der Waals surface area contributed by atoms with Gasteiger partial charge in [0.15, 0.2) is 0 Å². The van der Waals surface area contributed by atoms with Crippen molar-refractivity contribution >= 4 is 5.69 Å². The van der Waals surface area contributed by atoms with Crippen molar-refractivity contribution in [3.05, 3.63) is 30.3 Å². The Balaban J connectivity index is 2.17. The van der Waals surface area contributed by atoms with Gasteiger partial charge in [-0.3, -0.25) is 0 Å². The highest BCUT2D eigenvalue weighted by Crippen LogP contribution is 2.31. The Morgan fingerprint density at radius 3 is 2.00 bits per heavy atom. The Morgan fingerprint density at radius 2 is 1.53 bits per heavy atom. The second-order valence-corrected chi connectivity index (χ2v) is 4.14. The Labute approximate surface area is 103 Å². The van der Waals surface area contributed by atoms with E-state index in [4.69, 9.17) is 9.47 Å². The summed E-state index contributed by atoms with van der Waals surface area (Å²) in [6.07, 6.45) is 2.37. The normalized spacial score (nSPS) is 24.2. The summed E-state index contributed by atoms with van der Waals surface area (Å²) in [6.45, 7) is 5.56. The fourth-order valence-corrected chi connectivity index (χ4v) is 2.39. The van der Waals surface area contributed by atoms with Crippen molar-refractivity contribution in [1.82, 2.24) is 0 Å². The van der Waals surface area contributed by atoms with Gasteiger partial charge >= 0.3 is 0 Å². The van der Waals surface area contributed by atoms with Gasteiger partial charge in [0.25, 0.3) is 0 Å². The van der Waals surface area contributed by atoms with Crippen LogP contribution in [0.1, 0.15) is 26.7 Å². The predicted molar refractivity (Wildman–Crippen MR) is 69.0 cm³/mol. The molecule has 2 atom stereocenters. The molecule has 0 radical (unpaired) electrons. The molecule has 0 amide bonds. The maximum absolute atomic E-state index is 5.79. The molecule has 1 aliphatic rings. The SMILES string of the molecule is CCOC1CCC(OCC)N1c1ccccc1. The van der Waals surface area contributed by atoms with Crippen LogP contribution in [0.15, 0.2) is 30.3 Å². The highest BCUT2D eigenvalue weighted by molar-refractivity contribution is 5.48. The number of benzene rings is 1. The Kier molecular flexibility index (Phi) is 4.40. The quantitative estimate of drug-likeness (QED) is 0.783. The van der Waals surface area contributed by atoms with Gasteiger partial charge in [0, 0.05) is 18.9 Å². The molecule has 0 aromatic heterocycles. The molecule has 0 aliphatic carbocycles. The molecule has 0 spiro atoms. The van der Waals surface area contributed by atoms with Crippen molar-refractivity contribution in [3.63, 3.8) is 0 Å². The number of hydrogen-bond donors (Lipinski definition) is 0. The van der Waals surface area contributed by atoms with E-state index in [9.17, 15) is 0 Å². The van der Waals surface area contributed by atoms with Crippen LogP contribution in [0.2, 0.25) is 0 Å². The highest BCUT2D eigenvalue weighted by Gasteiger charge is 2.34. The zero-order valence-electron chi connectivity index (χ0n) is 10.6. The second kappa shape index (κ2) is 6.03. The van der Waals surface area contributed by atoms with Gasteiger partial charge in [-0.1, -0.05) is 18.2 Å². The maximum atomic E-state index is 5.79. The summed E-state index contributed by atoms with van der Waals surface area (Å²) in [5.41, 5.74) is 1.18. The number of para-hydroxylation sites is 1. The zero-order valence-corrected chi connectivity index (χ0v) is 10.6. The van der Waals surface area contributed by atoms with Crippen LogP contribution >= 0.6 is 0 Å². The molecular weight excluding hydrogens is 214 g/mol. The van der Waals surface area contributed by atoms with E-state index in [0.717, 1.165) is 26.1 Å². The first kappa shape index (κ1) is 12.4. The highest BCUT2D eigenvalue weighted by atomic mass is 16.5. The first-order valence-corrected chi connectivity index (χ1v) is 6.43. The molecule has 0 N–H and O–H groups in total. The summed E-state index contributed by atoms with van der Waals surface area (Å²) >= 11 is 0. The topological polar surface area (TPSA) is 21.7 Å². The molecule has 1 aromatic rings. The zero-order chi connectivity index (χ0) is 12.1. The predicted octanol–water partition coefficient (Wildman–Crippen LogP) is 3.01. The van der Waals surface area contributed by atoms with Gasteiger partial charge in [0.1, 0.15) is 12.5 Å². The smallest absolute Gasteiger partial charge is 0.132 e. The summed E-state index contributed by atoms with van der Waals surface area (Å²) in [5.74, 6) is 0. The molecule has 2 unspecified atom stereocenters. The fraction of sp³-hybridized carbons (Fsp3) is 0.571. The van der Waals surface area contributed by atoms with Crippen LogP contribution < -0.4 is 4.90 Å². The molecule has 1 saturated heterocycles. The molecule has 1 aromatic carbocycles. The Bertz CT molecular complexity index is 314. The number of nitrogens with zero attached hydrogens (tertiary/aromatic N) is 1. The van der Waals surface area contributed by atoms with Gasteiger partial charge in [0.05, 0.1) is 0 Å². The molecule has 2 rings (SSSR count). The van der Waals surface area contributed by atoms with Crippen LogP contribution in [0.3, 0.4) is 0 Å². The first-order valence-electron chi connectivity index (χ1n) is 6.43. The van der Waals surface area contributed by atoms with Crippen LogP contribution in [0.4, 0.5) is 5.69 Å². The van der Waals surface area contributed by atoms with Gasteiger partial charge in [-0.2, -0.15) is 0 Å². The third-order valence-corrected chi connectivity index (χ3v) is 3.05. The van der Waals surface area contributed by atoms with Gasteiger partial charge in [-0.15, -0.1) is 0 Å². The van der Waals surface area contributed by atoms with Crippen LogP contribution in [-0.4, -0.2) is 25.7 Å². The lowest BCUT2D eigenvalue weighted by Crippen LogP contribution is -2.39. The average Bonchev–Trinajstić information content (AvgIpc) is 2.74. The molecule has 0 bridgehead atoms. The lowest BCUT2D eigenvalue weighted by atomic mass is 10.3. The molecule has 17 heavy (non-hydrogen) atoms. The van der Waals surface area contributed by atoms with Gasteiger partial charge in [-0.05, 0) is 38.8 Å². The minimum Gasteiger partial charge on any atom is -0.359 e. The molecule has 3 heteroatoms. The van der Waals surface area contributed by atoms with Crippen molar-refractivity contribution in [3.8, 4) is 0 Å².